The molecule has 1 saturated heterocycles. The molecule has 1 amide bonds. The van der Waals surface area contributed by atoms with E-state index in [9.17, 15) is 4.79 Å². The molecular formula is C19H25N3O3S. The van der Waals surface area contributed by atoms with Crippen molar-refractivity contribution in [2.24, 2.45) is 0 Å². The van der Waals surface area contributed by atoms with Crippen molar-refractivity contribution in [2.75, 3.05) is 52.3 Å². The molecule has 2 heterocycles. The Labute approximate surface area is 158 Å². The van der Waals surface area contributed by atoms with Gasteiger partial charge in [0.15, 0.2) is 0 Å². The second kappa shape index (κ2) is 9.02. The van der Waals surface area contributed by atoms with Crippen LogP contribution in [0.1, 0.15) is 5.56 Å². The predicted molar refractivity (Wildman–Crippen MR) is 104 cm³/mol. The van der Waals surface area contributed by atoms with Gasteiger partial charge >= 0.3 is 0 Å². The van der Waals surface area contributed by atoms with Gasteiger partial charge in [-0.3, -0.25) is 14.6 Å². The predicted octanol–water partition coefficient (Wildman–Crippen LogP) is 2.52. The van der Waals surface area contributed by atoms with Crippen molar-refractivity contribution in [1.29, 1.82) is 0 Å². The van der Waals surface area contributed by atoms with Crippen LogP contribution in [0.15, 0.2) is 35.0 Å². The molecule has 1 aliphatic rings. The Morgan fingerprint density at radius 1 is 1.12 bits per heavy atom. The number of hydrogen-bond acceptors (Lipinski definition) is 6. The summed E-state index contributed by atoms with van der Waals surface area (Å²) in [6.45, 7) is 5.12. The number of methoxy groups -OCH3 is 2. The fourth-order valence-electron chi connectivity index (χ4n) is 3.05. The minimum Gasteiger partial charge on any atom is -0.497 e. The Kier molecular flexibility index (Phi) is 6.49. The van der Waals surface area contributed by atoms with Gasteiger partial charge < -0.3 is 14.8 Å². The highest BCUT2D eigenvalue weighted by molar-refractivity contribution is 7.07. The zero-order valence-electron chi connectivity index (χ0n) is 15.2. The van der Waals surface area contributed by atoms with Gasteiger partial charge in [0.1, 0.15) is 11.5 Å². The van der Waals surface area contributed by atoms with Crippen molar-refractivity contribution in [1.82, 2.24) is 9.80 Å². The van der Waals surface area contributed by atoms with Crippen molar-refractivity contribution in [3.05, 3.63) is 40.6 Å². The molecule has 0 radical (unpaired) electrons. The van der Waals surface area contributed by atoms with E-state index in [2.05, 4.69) is 31.9 Å². The van der Waals surface area contributed by atoms with Gasteiger partial charge in [-0.1, -0.05) is 0 Å². The molecule has 0 unspecified atom stereocenters. The Morgan fingerprint density at radius 3 is 2.54 bits per heavy atom. The molecule has 0 bridgehead atoms. The number of nitrogens with one attached hydrogen (secondary N) is 1. The van der Waals surface area contributed by atoms with E-state index in [1.165, 1.54) is 5.56 Å². The summed E-state index contributed by atoms with van der Waals surface area (Å²) in [5.41, 5.74) is 2.00. The Bertz CT molecular complexity index is 713. The van der Waals surface area contributed by atoms with Crippen LogP contribution >= 0.6 is 11.3 Å². The highest BCUT2D eigenvalue weighted by Crippen LogP contribution is 2.28. The maximum absolute atomic E-state index is 12.4. The van der Waals surface area contributed by atoms with Gasteiger partial charge in [-0.2, -0.15) is 11.3 Å². The van der Waals surface area contributed by atoms with Crippen LogP contribution in [-0.2, 0) is 11.3 Å². The molecule has 1 fully saturated rings. The van der Waals surface area contributed by atoms with Crippen LogP contribution in [0.25, 0.3) is 0 Å². The zero-order valence-corrected chi connectivity index (χ0v) is 16.1. The summed E-state index contributed by atoms with van der Waals surface area (Å²) < 4.78 is 10.5. The summed E-state index contributed by atoms with van der Waals surface area (Å²) in [6, 6.07) is 7.54. The smallest absolute Gasteiger partial charge is 0.238 e. The zero-order chi connectivity index (χ0) is 18.4. The molecule has 6 nitrogen and oxygen atoms in total. The van der Waals surface area contributed by atoms with E-state index in [4.69, 9.17) is 9.47 Å². The number of ether oxygens (including phenoxy) is 2. The van der Waals surface area contributed by atoms with Gasteiger partial charge in [0, 0.05) is 38.8 Å². The van der Waals surface area contributed by atoms with Gasteiger partial charge in [-0.05, 0) is 34.5 Å². The molecule has 1 aromatic carbocycles. The fraction of sp³-hybridized carbons (Fsp3) is 0.421. The van der Waals surface area contributed by atoms with Crippen molar-refractivity contribution in [3.63, 3.8) is 0 Å². The van der Waals surface area contributed by atoms with Crippen molar-refractivity contribution >= 4 is 22.9 Å². The topological polar surface area (TPSA) is 54.0 Å². The minimum absolute atomic E-state index is 0.0390. The highest BCUT2D eigenvalue weighted by Gasteiger charge is 2.19. The molecule has 7 heteroatoms. The normalized spacial score (nSPS) is 15.6. The average Bonchev–Trinajstić information content (AvgIpc) is 3.16. The first-order chi connectivity index (χ1) is 12.7. The first kappa shape index (κ1) is 18.7. The second-order valence-electron chi connectivity index (χ2n) is 6.30. The van der Waals surface area contributed by atoms with Crippen molar-refractivity contribution in [2.45, 2.75) is 6.54 Å². The molecule has 140 valence electrons. The van der Waals surface area contributed by atoms with Crippen LogP contribution in [0.2, 0.25) is 0 Å². The summed E-state index contributed by atoms with van der Waals surface area (Å²) in [6.07, 6.45) is 0. The number of hydrogen-bond donors (Lipinski definition) is 1. The molecule has 1 aliphatic heterocycles. The Hall–Kier alpha value is -2.09. The number of thiophene rings is 1. The second-order valence-corrected chi connectivity index (χ2v) is 7.08. The average molecular weight is 375 g/mol. The molecule has 0 atom stereocenters. The van der Waals surface area contributed by atoms with Gasteiger partial charge in [0.25, 0.3) is 0 Å². The van der Waals surface area contributed by atoms with Crippen LogP contribution in [0, 0.1) is 0 Å². The maximum atomic E-state index is 12.4. The third-order valence-corrected chi connectivity index (χ3v) is 5.23. The summed E-state index contributed by atoms with van der Waals surface area (Å²) in [7, 11) is 3.19. The summed E-state index contributed by atoms with van der Waals surface area (Å²) in [5.74, 6) is 1.27. The Balaban J connectivity index is 1.48. The number of carbonyl (C=O) groups is 1. The van der Waals surface area contributed by atoms with Gasteiger partial charge in [-0.25, -0.2) is 0 Å². The lowest BCUT2D eigenvalue weighted by Gasteiger charge is -2.34. The van der Waals surface area contributed by atoms with Crippen LogP contribution in [0.3, 0.4) is 0 Å². The van der Waals surface area contributed by atoms with Gasteiger partial charge in [0.05, 0.1) is 26.5 Å². The number of carbonyl (C=O) groups excluding carboxylic acids is 1. The van der Waals surface area contributed by atoms with Gasteiger partial charge in [0.2, 0.25) is 5.91 Å². The minimum atomic E-state index is -0.0390. The largest absolute Gasteiger partial charge is 0.497 e. The van der Waals surface area contributed by atoms with E-state index in [0.29, 0.717) is 23.7 Å². The van der Waals surface area contributed by atoms with E-state index >= 15 is 0 Å². The lowest BCUT2D eigenvalue weighted by atomic mass is 10.2. The van der Waals surface area contributed by atoms with Crippen LogP contribution < -0.4 is 14.8 Å². The third-order valence-electron chi connectivity index (χ3n) is 4.50. The molecule has 0 spiro atoms. The summed E-state index contributed by atoms with van der Waals surface area (Å²) >= 11 is 1.73. The number of rotatable bonds is 7. The SMILES string of the molecule is COc1ccc(OC)c(NC(=O)CN2CCN(Cc3ccsc3)CC2)c1. The number of benzene rings is 1. The molecule has 1 N–H and O–H groups in total. The molecule has 0 aliphatic carbocycles. The number of amides is 1. The van der Waals surface area contributed by atoms with E-state index in [1.54, 1.807) is 43.8 Å². The first-order valence-corrected chi connectivity index (χ1v) is 9.60. The van der Waals surface area contributed by atoms with Crippen LogP contribution in [0.5, 0.6) is 11.5 Å². The monoisotopic (exact) mass is 375 g/mol. The molecule has 1 aromatic heterocycles. The number of piperazine rings is 1. The molecule has 0 saturated carbocycles. The lowest BCUT2D eigenvalue weighted by molar-refractivity contribution is -0.117. The van der Waals surface area contributed by atoms with Gasteiger partial charge in [-0.15, -0.1) is 0 Å². The summed E-state index contributed by atoms with van der Waals surface area (Å²) in [5, 5.41) is 7.24. The third kappa shape index (κ3) is 4.97. The first-order valence-electron chi connectivity index (χ1n) is 8.65. The quantitative estimate of drug-likeness (QED) is 0.806. The number of anilines is 1. The van der Waals surface area contributed by atoms with Crippen molar-refractivity contribution in [3.8, 4) is 11.5 Å². The maximum Gasteiger partial charge on any atom is 0.238 e. The van der Waals surface area contributed by atoms with Crippen LogP contribution in [-0.4, -0.2) is 62.7 Å². The number of nitrogens with zero attached hydrogens (tertiary/aromatic N) is 2. The summed E-state index contributed by atoms with van der Waals surface area (Å²) in [4.78, 5) is 17.0. The highest BCUT2D eigenvalue weighted by atomic mass is 32.1. The van der Waals surface area contributed by atoms with E-state index in [-0.39, 0.29) is 5.91 Å². The standard InChI is InChI=1S/C19H25N3O3S/c1-24-16-3-4-18(25-2)17(11-16)20-19(23)13-22-8-6-21(7-9-22)12-15-5-10-26-14-15/h3-5,10-11,14H,6-9,12-13H2,1-2H3,(H,20,23). The Morgan fingerprint density at radius 2 is 1.88 bits per heavy atom. The molecular weight excluding hydrogens is 350 g/mol. The van der Waals surface area contributed by atoms with E-state index in [0.717, 1.165) is 32.7 Å². The van der Waals surface area contributed by atoms with Crippen molar-refractivity contribution < 1.29 is 14.3 Å². The molecule has 26 heavy (non-hydrogen) atoms. The fourth-order valence-corrected chi connectivity index (χ4v) is 3.71. The lowest BCUT2D eigenvalue weighted by Crippen LogP contribution is -2.48. The van der Waals surface area contributed by atoms with Crippen LogP contribution in [0.4, 0.5) is 5.69 Å². The van der Waals surface area contributed by atoms with E-state index in [1.807, 2.05) is 0 Å². The van der Waals surface area contributed by atoms with E-state index < -0.39 is 0 Å². The molecule has 3 rings (SSSR count). The molecule has 2 aromatic rings.